The molecule has 92 valence electrons. The number of hydrogen-bond donors (Lipinski definition) is 3. The quantitative estimate of drug-likeness (QED) is 0.736. The molecular weight excluding hydrogens is 244 g/mol. The van der Waals surface area contributed by atoms with E-state index >= 15 is 0 Å². The molecule has 0 saturated heterocycles. The van der Waals surface area contributed by atoms with Crippen LogP contribution in [0.3, 0.4) is 0 Å². The molecule has 3 atom stereocenters. The summed E-state index contributed by atoms with van der Waals surface area (Å²) in [6.07, 6.45) is 0.420. The molecule has 5 heteroatoms. The predicted octanol–water partition coefficient (Wildman–Crippen LogP) is 2.15. The van der Waals surface area contributed by atoms with Crippen molar-refractivity contribution in [3.8, 4) is 0 Å². The van der Waals surface area contributed by atoms with Gasteiger partial charge in [0.15, 0.2) is 0 Å². The lowest BCUT2D eigenvalue weighted by molar-refractivity contribution is 0.168. The van der Waals surface area contributed by atoms with Crippen molar-refractivity contribution in [3.63, 3.8) is 0 Å². The van der Waals surface area contributed by atoms with Crippen molar-refractivity contribution in [1.29, 1.82) is 0 Å². The van der Waals surface area contributed by atoms with Gasteiger partial charge in [-0.1, -0.05) is 11.6 Å². The molecule has 0 amide bonds. The van der Waals surface area contributed by atoms with E-state index in [1.54, 1.807) is 18.3 Å². The predicted molar refractivity (Wildman–Crippen MR) is 70.0 cm³/mol. The fraction of sp³-hybridized carbons (Fsp3) is 0.636. The highest BCUT2D eigenvalue weighted by Crippen LogP contribution is 2.25. The molecule has 0 fully saturated rings. The van der Waals surface area contributed by atoms with Gasteiger partial charge in [0.1, 0.15) is 0 Å². The van der Waals surface area contributed by atoms with Gasteiger partial charge in [0, 0.05) is 22.8 Å². The summed E-state index contributed by atoms with van der Waals surface area (Å²) in [6, 6.07) is 2.28. The number of halogens is 1. The van der Waals surface area contributed by atoms with Crippen molar-refractivity contribution in [2.45, 2.75) is 38.5 Å². The van der Waals surface area contributed by atoms with Crippen LogP contribution >= 0.6 is 22.9 Å². The van der Waals surface area contributed by atoms with Gasteiger partial charge in [0.2, 0.25) is 0 Å². The fourth-order valence-electron chi connectivity index (χ4n) is 1.70. The standard InChI is InChI=1S/C11H19ClN2OS/c1-7(3-8(2)15)14-10(5-13)11-4-9(12)6-16-11/h4,6-8,10,14-15H,3,5,13H2,1-2H3. The van der Waals surface area contributed by atoms with Gasteiger partial charge < -0.3 is 16.2 Å². The molecule has 1 aromatic rings. The molecule has 1 heterocycles. The van der Waals surface area contributed by atoms with E-state index in [-0.39, 0.29) is 18.2 Å². The van der Waals surface area contributed by atoms with Gasteiger partial charge in [-0.15, -0.1) is 11.3 Å². The molecule has 0 aromatic carbocycles. The molecule has 1 rings (SSSR count). The Kier molecular flexibility index (Phi) is 5.72. The summed E-state index contributed by atoms with van der Waals surface area (Å²) in [5.74, 6) is 0. The smallest absolute Gasteiger partial charge is 0.0541 e. The number of nitrogens with two attached hydrogens (primary N) is 1. The molecule has 1 aromatic heterocycles. The van der Waals surface area contributed by atoms with E-state index in [1.807, 2.05) is 18.4 Å². The number of aliphatic hydroxyl groups excluding tert-OH is 1. The van der Waals surface area contributed by atoms with Crippen LogP contribution in [0, 0.1) is 0 Å². The highest BCUT2D eigenvalue weighted by atomic mass is 35.5. The minimum absolute atomic E-state index is 0.117. The summed E-state index contributed by atoms with van der Waals surface area (Å²) in [7, 11) is 0. The number of rotatable bonds is 6. The Morgan fingerprint density at radius 1 is 1.56 bits per heavy atom. The molecule has 16 heavy (non-hydrogen) atoms. The summed E-state index contributed by atoms with van der Waals surface area (Å²) < 4.78 is 0. The third-order valence-electron chi connectivity index (χ3n) is 2.35. The average molecular weight is 263 g/mol. The normalized spacial score (nSPS) is 17.1. The largest absolute Gasteiger partial charge is 0.393 e. The van der Waals surface area contributed by atoms with Gasteiger partial charge in [-0.25, -0.2) is 0 Å². The van der Waals surface area contributed by atoms with Crippen molar-refractivity contribution >= 4 is 22.9 Å². The molecule has 0 saturated carbocycles. The summed E-state index contributed by atoms with van der Waals surface area (Å²) >= 11 is 7.49. The Morgan fingerprint density at radius 2 is 2.25 bits per heavy atom. The van der Waals surface area contributed by atoms with Crippen LogP contribution < -0.4 is 11.1 Å². The van der Waals surface area contributed by atoms with E-state index in [0.29, 0.717) is 6.54 Å². The van der Waals surface area contributed by atoms with Crippen LogP contribution in [-0.2, 0) is 0 Å². The maximum absolute atomic E-state index is 9.29. The molecule has 0 aliphatic rings. The number of hydrogen-bond acceptors (Lipinski definition) is 4. The third-order valence-corrected chi connectivity index (χ3v) is 3.74. The average Bonchev–Trinajstić information content (AvgIpc) is 2.60. The summed E-state index contributed by atoms with van der Waals surface area (Å²) in [4.78, 5) is 1.14. The molecule has 0 radical (unpaired) electrons. The van der Waals surface area contributed by atoms with Gasteiger partial charge in [0.05, 0.1) is 17.2 Å². The summed E-state index contributed by atoms with van der Waals surface area (Å²) in [5, 5.41) is 15.3. The lowest BCUT2D eigenvalue weighted by atomic mass is 10.1. The molecular formula is C11H19ClN2OS. The fourth-order valence-corrected chi connectivity index (χ4v) is 2.86. The molecule has 0 aliphatic heterocycles. The monoisotopic (exact) mass is 262 g/mol. The van der Waals surface area contributed by atoms with Crippen molar-refractivity contribution in [1.82, 2.24) is 5.32 Å². The topological polar surface area (TPSA) is 58.3 Å². The van der Waals surface area contributed by atoms with Crippen molar-refractivity contribution in [2.75, 3.05) is 6.54 Å². The molecule has 0 spiro atoms. The maximum atomic E-state index is 9.29. The first-order valence-electron chi connectivity index (χ1n) is 5.41. The van der Waals surface area contributed by atoms with Gasteiger partial charge in [0.25, 0.3) is 0 Å². The van der Waals surface area contributed by atoms with Crippen LogP contribution in [0.5, 0.6) is 0 Å². The number of thiophene rings is 1. The van der Waals surface area contributed by atoms with Crippen LogP contribution in [0.2, 0.25) is 5.02 Å². The molecule has 3 nitrogen and oxygen atoms in total. The minimum atomic E-state index is -0.298. The Balaban J connectivity index is 2.55. The molecule has 3 unspecified atom stereocenters. The third kappa shape index (κ3) is 4.39. The zero-order valence-electron chi connectivity index (χ0n) is 9.61. The van der Waals surface area contributed by atoms with Gasteiger partial charge in [-0.2, -0.15) is 0 Å². The summed E-state index contributed by atoms with van der Waals surface area (Å²) in [6.45, 7) is 4.36. The first-order valence-corrected chi connectivity index (χ1v) is 6.66. The van der Waals surface area contributed by atoms with Gasteiger partial charge in [-0.05, 0) is 26.3 Å². The van der Waals surface area contributed by atoms with Crippen LogP contribution in [0.15, 0.2) is 11.4 Å². The van der Waals surface area contributed by atoms with E-state index in [9.17, 15) is 5.11 Å². The van der Waals surface area contributed by atoms with Crippen LogP contribution in [0.1, 0.15) is 31.2 Å². The Labute approximate surface area is 106 Å². The minimum Gasteiger partial charge on any atom is -0.393 e. The first kappa shape index (κ1) is 13.9. The SMILES string of the molecule is CC(O)CC(C)NC(CN)c1cc(Cl)cs1. The highest BCUT2D eigenvalue weighted by molar-refractivity contribution is 7.10. The Morgan fingerprint density at radius 3 is 2.69 bits per heavy atom. The molecule has 4 N–H and O–H groups in total. The maximum Gasteiger partial charge on any atom is 0.0541 e. The van der Waals surface area contributed by atoms with Gasteiger partial charge >= 0.3 is 0 Å². The van der Waals surface area contributed by atoms with Gasteiger partial charge in [-0.3, -0.25) is 0 Å². The van der Waals surface area contributed by atoms with Crippen LogP contribution in [0.4, 0.5) is 0 Å². The van der Waals surface area contributed by atoms with Crippen molar-refractivity contribution in [3.05, 3.63) is 21.3 Å². The second-order valence-corrected chi connectivity index (χ2v) is 5.49. The Hall–Kier alpha value is -0.130. The van der Waals surface area contributed by atoms with E-state index in [1.165, 1.54) is 0 Å². The van der Waals surface area contributed by atoms with E-state index in [4.69, 9.17) is 17.3 Å². The second kappa shape index (κ2) is 6.57. The van der Waals surface area contributed by atoms with Crippen molar-refractivity contribution in [2.24, 2.45) is 5.73 Å². The van der Waals surface area contributed by atoms with E-state index < -0.39 is 0 Å². The van der Waals surface area contributed by atoms with E-state index in [0.717, 1.165) is 16.3 Å². The Bertz CT molecular complexity index is 317. The number of aliphatic hydroxyl groups is 1. The first-order chi connectivity index (χ1) is 7.52. The second-order valence-electron chi connectivity index (χ2n) is 4.11. The van der Waals surface area contributed by atoms with Crippen LogP contribution in [-0.4, -0.2) is 23.8 Å². The lowest BCUT2D eigenvalue weighted by Crippen LogP contribution is -2.36. The molecule has 0 bridgehead atoms. The zero-order chi connectivity index (χ0) is 12.1. The zero-order valence-corrected chi connectivity index (χ0v) is 11.2. The number of nitrogens with one attached hydrogen (secondary N) is 1. The highest BCUT2D eigenvalue weighted by Gasteiger charge is 2.15. The lowest BCUT2D eigenvalue weighted by Gasteiger charge is -2.22. The van der Waals surface area contributed by atoms with E-state index in [2.05, 4.69) is 5.32 Å². The van der Waals surface area contributed by atoms with Crippen molar-refractivity contribution < 1.29 is 5.11 Å². The van der Waals surface area contributed by atoms with Crippen LogP contribution in [0.25, 0.3) is 0 Å². The molecule has 0 aliphatic carbocycles. The summed E-state index contributed by atoms with van der Waals surface area (Å²) in [5.41, 5.74) is 5.73.